The number of halogens is 1. The van der Waals surface area contributed by atoms with Crippen molar-refractivity contribution >= 4 is 27.9 Å². The van der Waals surface area contributed by atoms with Gasteiger partial charge in [0.2, 0.25) is 0 Å². The van der Waals surface area contributed by atoms with Crippen molar-refractivity contribution in [1.82, 2.24) is 0 Å². The second-order valence-corrected chi connectivity index (χ2v) is 8.74. The molecule has 0 saturated heterocycles. The predicted molar refractivity (Wildman–Crippen MR) is 133 cm³/mol. The Hall–Kier alpha value is -3.32. The van der Waals surface area contributed by atoms with E-state index in [9.17, 15) is 9.59 Å². The molecule has 0 atom stereocenters. The Morgan fingerprint density at radius 2 is 1.47 bits per heavy atom. The molecule has 3 rings (SSSR count). The number of carbonyl (C=O) groups excluding carboxylic acids is 2. The quantitative estimate of drug-likeness (QED) is 0.165. The Morgan fingerprint density at radius 3 is 2.15 bits per heavy atom. The van der Waals surface area contributed by atoms with Gasteiger partial charge in [-0.15, -0.1) is 0 Å². The molecule has 0 N–H and O–H groups in total. The van der Waals surface area contributed by atoms with Gasteiger partial charge in [0.15, 0.2) is 0 Å². The van der Waals surface area contributed by atoms with Crippen LogP contribution in [0.25, 0.3) is 0 Å². The Kier molecular flexibility index (Phi) is 9.52. The summed E-state index contributed by atoms with van der Waals surface area (Å²) < 4.78 is 22.6. The number of benzene rings is 3. The number of carbonyl (C=O) groups is 2. The Bertz CT molecular complexity index is 1080. The average molecular weight is 527 g/mol. The van der Waals surface area contributed by atoms with E-state index in [-0.39, 0.29) is 13.2 Å². The molecule has 34 heavy (non-hydrogen) atoms. The summed E-state index contributed by atoms with van der Waals surface area (Å²) in [6.45, 7) is 5.25. The zero-order valence-corrected chi connectivity index (χ0v) is 20.7. The summed E-state index contributed by atoms with van der Waals surface area (Å²) in [5.74, 6) is 1.27. The zero-order chi connectivity index (χ0) is 24.3. The Balaban J connectivity index is 1.47. The molecule has 0 aliphatic heterocycles. The third-order valence-electron chi connectivity index (χ3n) is 4.75. The standard InChI is InChI=1S/C27H27BrO6/c1-19(2)14-15-32-25-13-10-21(18-24(25)28)27(30)34-23-11-8-20(9-12-23)26(29)33-17-16-31-22-6-4-3-5-7-22/h3-13,18-19H,14-17H2,1-2H3. The lowest BCUT2D eigenvalue weighted by molar-refractivity contribution is 0.0450. The van der Waals surface area contributed by atoms with Crippen LogP contribution in [-0.4, -0.2) is 31.8 Å². The molecule has 178 valence electrons. The monoisotopic (exact) mass is 526 g/mol. The summed E-state index contributed by atoms with van der Waals surface area (Å²) in [5.41, 5.74) is 0.732. The molecular weight excluding hydrogens is 500 g/mol. The molecule has 3 aromatic carbocycles. The van der Waals surface area contributed by atoms with Crippen LogP contribution in [0.3, 0.4) is 0 Å². The van der Waals surface area contributed by atoms with Gasteiger partial charge in [-0.3, -0.25) is 0 Å². The molecule has 0 aromatic heterocycles. The van der Waals surface area contributed by atoms with Crippen LogP contribution in [0.1, 0.15) is 41.0 Å². The molecule has 0 saturated carbocycles. The van der Waals surface area contributed by atoms with E-state index in [1.54, 1.807) is 42.5 Å². The molecule has 6 nitrogen and oxygen atoms in total. The number of ether oxygens (including phenoxy) is 4. The van der Waals surface area contributed by atoms with Crippen molar-refractivity contribution in [3.8, 4) is 17.2 Å². The molecule has 0 radical (unpaired) electrons. The minimum absolute atomic E-state index is 0.122. The molecule has 0 unspecified atom stereocenters. The van der Waals surface area contributed by atoms with Gasteiger partial charge in [0.25, 0.3) is 0 Å². The molecule has 0 bridgehead atoms. The minimum Gasteiger partial charge on any atom is -0.492 e. The second-order valence-electron chi connectivity index (χ2n) is 7.89. The number of esters is 2. The van der Waals surface area contributed by atoms with Gasteiger partial charge in [0.1, 0.15) is 30.5 Å². The van der Waals surface area contributed by atoms with Crippen LogP contribution in [0.2, 0.25) is 0 Å². The summed E-state index contributed by atoms with van der Waals surface area (Å²) >= 11 is 3.44. The fourth-order valence-corrected chi connectivity index (χ4v) is 3.36. The predicted octanol–water partition coefficient (Wildman–Crippen LogP) is 6.33. The molecular formula is C27H27BrO6. The number of rotatable bonds is 11. The summed E-state index contributed by atoms with van der Waals surface area (Å²) in [4.78, 5) is 24.7. The van der Waals surface area contributed by atoms with Crippen molar-refractivity contribution in [2.24, 2.45) is 5.92 Å². The van der Waals surface area contributed by atoms with Gasteiger partial charge >= 0.3 is 11.9 Å². The highest BCUT2D eigenvalue weighted by Crippen LogP contribution is 2.27. The maximum Gasteiger partial charge on any atom is 0.343 e. The van der Waals surface area contributed by atoms with E-state index < -0.39 is 11.9 Å². The average Bonchev–Trinajstić information content (AvgIpc) is 2.83. The minimum atomic E-state index is -0.511. The molecule has 3 aromatic rings. The molecule has 7 heteroatoms. The number of hydrogen-bond acceptors (Lipinski definition) is 6. The SMILES string of the molecule is CC(C)CCOc1ccc(C(=O)Oc2ccc(C(=O)OCCOc3ccccc3)cc2)cc1Br. The first kappa shape index (κ1) is 25.3. The fraction of sp³-hybridized carbons (Fsp3) is 0.259. The molecule has 0 aliphatic rings. The van der Waals surface area contributed by atoms with E-state index in [1.807, 2.05) is 30.3 Å². The van der Waals surface area contributed by atoms with Gasteiger partial charge in [-0.05, 0) is 82.9 Å². The van der Waals surface area contributed by atoms with Gasteiger partial charge < -0.3 is 18.9 Å². The van der Waals surface area contributed by atoms with Crippen LogP contribution in [0.15, 0.2) is 77.3 Å². The fourth-order valence-electron chi connectivity index (χ4n) is 2.87. The zero-order valence-electron chi connectivity index (χ0n) is 19.2. The van der Waals surface area contributed by atoms with Crippen molar-refractivity contribution in [1.29, 1.82) is 0 Å². The lowest BCUT2D eigenvalue weighted by Crippen LogP contribution is -2.12. The lowest BCUT2D eigenvalue weighted by Gasteiger charge is -2.11. The first-order chi connectivity index (χ1) is 16.4. The molecule has 0 amide bonds. The van der Waals surface area contributed by atoms with Crippen molar-refractivity contribution < 1.29 is 28.5 Å². The normalized spacial score (nSPS) is 10.6. The summed E-state index contributed by atoms with van der Waals surface area (Å²) in [6.07, 6.45) is 0.946. The van der Waals surface area contributed by atoms with Crippen LogP contribution < -0.4 is 14.2 Å². The summed E-state index contributed by atoms with van der Waals surface area (Å²) in [5, 5.41) is 0. The van der Waals surface area contributed by atoms with Crippen LogP contribution in [0.4, 0.5) is 0 Å². The lowest BCUT2D eigenvalue weighted by atomic mass is 10.1. The highest BCUT2D eigenvalue weighted by Gasteiger charge is 2.13. The van der Waals surface area contributed by atoms with E-state index in [1.165, 1.54) is 0 Å². The van der Waals surface area contributed by atoms with Crippen molar-refractivity contribution in [2.45, 2.75) is 20.3 Å². The number of hydrogen-bond donors (Lipinski definition) is 0. The Morgan fingerprint density at radius 1 is 0.765 bits per heavy atom. The van der Waals surface area contributed by atoms with Gasteiger partial charge in [-0.2, -0.15) is 0 Å². The largest absolute Gasteiger partial charge is 0.492 e. The first-order valence-electron chi connectivity index (χ1n) is 11.0. The van der Waals surface area contributed by atoms with Crippen LogP contribution in [0, 0.1) is 5.92 Å². The van der Waals surface area contributed by atoms with Crippen LogP contribution in [-0.2, 0) is 4.74 Å². The van der Waals surface area contributed by atoms with Gasteiger partial charge in [0.05, 0.1) is 22.2 Å². The number of para-hydroxylation sites is 1. The van der Waals surface area contributed by atoms with Crippen molar-refractivity contribution in [3.63, 3.8) is 0 Å². The van der Waals surface area contributed by atoms with Gasteiger partial charge in [0, 0.05) is 0 Å². The van der Waals surface area contributed by atoms with E-state index in [4.69, 9.17) is 18.9 Å². The summed E-state index contributed by atoms with van der Waals surface area (Å²) in [7, 11) is 0. The third-order valence-corrected chi connectivity index (χ3v) is 5.37. The highest BCUT2D eigenvalue weighted by molar-refractivity contribution is 9.10. The van der Waals surface area contributed by atoms with E-state index in [0.717, 1.165) is 6.42 Å². The van der Waals surface area contributed by atoms with Crippen molar-refractivity contribution in [2.75, 3.05) is 19.8 Å². The van der Waals surface area contributed by atoms with Gasteiger partial charge in [-0.25, -0.2) is 9.59 Å². The Labute approximate surface area is 207 Å². The maximum absolute atomic E-state index is 12.5. The third kappa shape index (κ3) is 7.92. The van der Waals surface area contributed by atoms with E-state index >= 15 is 0 Å². The molecule has 0 heterocycles. The summed E-state index contributed by atoms with van der Waals surface area (Å²) in [6, 6.07) is 20.5. The highest BCUT2D eigenvalue weighted by atomic mass is 79.9. The molecule has 0 fully saturated rings. The molecule has 0 spiro atoms. The first-order valence-corrected chi connectivity index (χ1v) is 11.8. The second kappa shape index (κ2) is 12.8. The molecule has 0 aliphatic carbocycles. The van der Waals surface area contributed by atoms with E-state index in [2.05, 4.69) is 29.8 Å². The van der Waals surface area contributed by atoms with Crippen molar-refractivity contribution in [3.05, 3.63) is 88.4 Å². The van der Waals surface area contributed by atoms with Gasteiger partial charge in [-0.1, -0.05) is 32.0 Å². The van der Waals surface area contributed by atoms with Crippen LogP contribution >= 0.6 is 15.9 Å². The van der Waals surface area contributed by atoms with Crippen LogP contribution in [0.5, 0.6) is 17.2 Å². The van der Waals surface area contributed by atoms with E-state index in [0.29, 0.717) is 45.4 Å². The maximum atomic E-state index is 12.5. The topological polar surface area (TPSA) is 71.1 Å². The smallest absolute Gasteiger partial charge is 0.343 e.